The van der Waals surface area contributed by atoms with Crippen molar-refractivity contribution in [2.24, 2.45) is 5.92 Å². The summed E-state index contributed by atoms with van der Waals surface area (Å²) in [6, 6.07) is 13.0. The maximum absolute atomic E-state index is 12.5. The molecule has 2 aromatic carbocycles. The third kappa shape index (κ3) is 4.13. The van der Waals surface area contributed by atoms with E-state index >= 15 is 0 Å². The molecule has 0 bridgehead atoms. The van der Waals surface area contributed by atoms with Gasteiger partial charge in [-0.2, -0.15) is 5.10 Å². The second-order valence-electron chi connectivity index (χ2n) is 6.62. The van der Waals surface area contributed by atoms with Crippen LogP contribution >= 0.6 is 34.8 Å². The number of anilines is 1. The minimum Gasteiger partial charge on any atom is -0.323 e. The van der Waals surface area contributed by atoms with Crippen molar-refractivity contribution < 1.29 is 4.79 Å². The van der Waals surface area contributed by atoms with E-state index < -0.39 is 0 Å². The Balaban J connectivity index is 1.38. The Morgan fingerprint density at radius 1 is 1.11 bits per heavy atom. The zero-order valence-corrected chi connectivity index (χ0v) is 16.5. The maximum Gasteiger partial charge on any atom is 0.228 e. The molecule has 0 spiro atoms. The Morgan fingerprint density at radius 3 is 2.52 bits per heavy atom. The molecular formula is C20H16Cl3N3O. The molecule has 7 heteroatoms. The lowest BCUT2D eigenvalue weighted by Gasteiger charge is -2.06. The van der Waals surface area contributed by atoms with Gasteiger partial charge in [-0.05, 0) is 42.2 Å². The lowest BCUT2D eigenvalue weighted by atomic mass is 10.1. The van der Waals surface area contributed by atoms with Crippen LogP contribution in [0, 0.1) is 5.92 Å². The molecule has 1 amide bonds. The van der Waals surface area contributed by atoms with Crippen LogP contribution in [0.1, 0.15) is 23.5 Å². The third-order valence-corrected chi connectivity index (χ3v) is 5.67. The summed E-state index contributed by atoms with van der Waals surface area (Å²) in [7, 11) is 0. The second kappa shape index (κ2) is 7.55. The minimum absolute atomic E-state index is 0.00489. The maximum atomic E-state index is 12.5. The van der Waals surface area contributed by atoms with Gasteiger partial charge in [0.25, 0.3) is 0 Å². The summed E-state index contributed by atoms with van der Waals surface area (Å²) >= 11 is 18.3. The Hall–Kier alpha value is -2.01. The van der Waals surface area contributed by atoms with Crippen LogP contribution in [0.4, 0.5) is 5.69 Å². The summed E-state index contributed by atoms with van der Waals surface area (Å²) in [5.74, 6) is 0.233. The van der Waals surface area contributed by atoms with Crippen molar-refractivity contribution in [1.82, 2.24) is 9.78 Å². The van der Waals surface area contributed by atoms with Crippen LogP contribution in [-0.2, 0) is 11.3 Å². The summed E-state index contributed by atoms with van der Waals surface area (Å²) < 4.78 is 1.70. The number of halogens is 3. The molecule has 27 heavy (non-hydrogen) atoms. The van der Waals surface area contributed by atoms with Gasteiger partial charge in [0.15, 0.2) is 0 Å². The fourth-order valence-electron chi connectivity index (χ4n) is 3.16. The number of rotatable bonds is 5. The highest BCUT2D eigenvalue weighted by atomic mass is 35.5. The van der Waals surface area contributed by atoms with Crippen LogP contribution in [0.3, 0.4) is 0 Å². The molecule has 0 saturated heterocycles. The monoisotopic (exact) mass is 419 g/mol. The van der Waals surface area contributed by atoms with E-state index in [9.17, 15) is 4.79 Å². The molecule has 1 aliphatic carbocycles. The second-order valence-corrected chi connectivity index (χ2v) is 7.87. The number of hydrogen-bond donors (Lipinski definition) is 1. The van der Waals surface area contributed by atoms with E-state index in [-0.39, 0.29) is 17.7 Å². The highest BCUT2D eigenvalue weighted by Crippen LogP contribution is 2.48. The van der Waals surface area contributed by atoms with Crippen molar-refractivity contribution in [2.75, 3.05) is 5.32 Å². The van der Waals surface area contributed by atoms with Gasteiger partial charge in [-0.15, -0.1) is 0 Å². The lowest BCUT2D eigenvalue weighted by molar-refractivity contribution is -0.117. The summed E-state index contributed by atoms with van der Waals surface area (Å²) in [6.07, 6.45) is 4.25. The van der Waals surface area contributed by atoms with Crippen molar-refractivity contribution in [3.05, 3.63) is 81.1 Å². The number of hydrogen-bond acceptors (Lipinski definition) is 2. The van der Waals surface area contributed by atoms with E-state index in [0.717, 1.165) is 17.5 Å². The molecule has 0 radical (unpaired) electrons. The van der Waals surface area contributed by atoms with Gasteiger partial charge in [0.1, 0.15) is 0 Å². The average molecular weight is 421 g/mol. The third-order valence-electron chi connectivity index (χ3n) is 4.71. The van der Waals surface area contributed by atoms with Gasteiger partial charge in [-0.25, -0.2) is 0 Å². The van der Waals surface area contributed by atoms with Crippen LogP contribution in [0.25, 0.3) is 0 Å². The van der Waals surface area contributed by atoms with Crippen molar-refractivity contribution in [1.29, 1.82) is 0 Å². The van der Waals surface area contributed by atoms with E-state index in [1.165, 1.54) is 0 Å². The zero-order valence-electron chi connectivity index (χ0n) is 14.2. The first kappa shape index (κ1) is 18.4. The summed E-state index contributed by atoms with van der Waals surface area (Å²) in [5, 5.41) is 9.10. The van der Waals surface area contributed by atoms with Crippen molar-refractivity contribution in [3.63, 3.8) is 0 Å². The van der Waals surface area contributed by atoms with Gasteiger partial charge in [-0.1, -0.05) is 53.0 Å². The van der Waals surface area contributed by atoms with E-state index in [1.54, 1.807) is 35.3 Å². The topological polar surface area (TPSA) is 46.9 Å². The van der Waals surface area contributed by atoms with Crippen LogP contribution in [0.15, 0.2) is 54.9 Å². The molecule has 1 N–H and O–H groups in total. The smallest absolute Gasteiger partial charge is 0.228 e. The summed E-state index contributed by atoms with van der Waals surface area (Å²) in [4.78, 5) is 12.5. The molecule has 1 heterocycles. The first-order valence-electron chi connectivity index (χ1n) is 8.53. The summed E-state index contributed by atoms with van der Waals surface area (Å²) in [6.45, 7) is 0.436. The molecule has 1 aromatic heterocycles. The van der Waals surface area contributed by atoms with Crippen molar-refractivity contribution in [2.45, 2.75) is 18.9 Å². The molecule has 1 aliphatic rings. The summed E-state index contributed by atoms with van der Waals surface area (Å²) in [5.41, 5.74) is 2.60. The number of carbonyl (C=O) groups excluding carboxylic acids is 1. The largest absolute Gasteiger partial charge is 0.323 e. The number of benzene rings is 2. The number of nitrogens with one attached hydrogen (secondary N) is 1. The van der Waals surface area contributed by atoms with Gasteiger partial charge in [0.05, 0.1) is 18.4 Å². The molecule has 138 valence electrons. The van der Waals surface area contributed by atoms with Gasteiger partial charge in [0, 0.05) is 32.7 Å². The molecule has 2 atom stereocenters. The first-order valence-corrected chi connectivity index (χ1v) is 9.66. The van der Waals surface area contributed by atoms with Crippen molar-refractivity contribution in [3.8, 4) is 0 Å². The SMILES string of the molecule is O=C(Nc1cnn(Cc2c(Cl)cccc2Cl)c1)C1CC1c1ccc(Cl)cc1. The van der Waals surface area contributed by atoms with Crippen LogP contribution in [-0.4, -0.2) is 15.7 Å². The van der Waals surface area contributed by atoms with E-state index in [2.05, 4.69) is 10.4 Å². The predicted molar refractivity (Wildman–Crippen MR) is 109 cm³/mol. The number of carbonyl (C=O) groups is 1. The van der Waals surface area contributed by atoms with E-state index in [1.807, 2.05) is 24.3 Å². The van der Waals surface area contributed by atoms with Crippen LogP contribution < -0.4 is 5.32 Å². The van der Waals surface area contributed by atoms with E-state index in [4.69, 9.17) is 34.8 Å². The zero-order chi connectivity index (χ0) is 19.0. The molecular weight excluding hydrogens is 405 g/mol. The van der Waals surface area contributed by atoms with Gasteiger partial charge in [0.2, 0.25) is 5.91 Å². The van der Waals surface area contributed by atoms with Crippen molar-refractivity contribution >= 4 is 46.4 Å². The average Bonchev–Trinajstić information content (AvgIpc) is 3.33. The molecule has 4 rings (SSSR count). The van der Waals surface area contributed by atoms with Crippen LogP contribution in [0.5, 0.6) is 0 Å². The number of amides is 1. The highest BCUT2D eigenvalue weighted by molar-refractivity contribution is 6.36. The van der Waals surface area contributed by atoms with Gasteiger partial charge >= 0.3 is 0 Å². The molecule has 3 aromatic rings. The minimum atomic E-state index is -0.0208. The first-order chi connectivity index (χ1) is 13.0. The lowest BCUT2D eigenvalue weighted by Crippen LogP contribution is -2.14. The Morgan fingerprint density at radius 2 is 1.81 bits per heavy atom. The quantitative estimate of drug-likeness (QED) is 0.581. The Bertz CT molecular complexity index is 964. The molecule has 1 saturated carbocycles. The molecule has 4 nitrogen and oxygen atoms in total. The molecule has 0 aliphatic heterocycles. The predicted octanol–water partition coefficient (Wildman–Crippen LogP) is 5.63. The Labute approximate surface area is 172 Å². The highest BCUT2D eigenvalue weighted by Gasteiger charge is 2.43. The molecule has 1 fully saturated rings. The Kier molecular flexibility index (Phi) is 5.13. The van der Waals surface area contributed by atoms with Gasteiger partial charge in [-0.3, -0.25) is 9.48 Å². The van der Waals surface area contributed by atoms with Gasteiger partial charge < -0.3 is 5.32 Å². The fourth-order valence-corrected chi connectivity index (χ4v) is 3.80. The van der Waals surface area contributed by atoms with Crippen LogP contribution in [0.2, 0.25) is 15.1 Å². The number of aromatic nitrogens is 2. The van der Waals surface area contributed by atoms with E-state index in [0.29, 0.717) is 27.3 Å². The standard InChI is InChI=1S/C20H16Cl3N3O/c21-13-6-4-12(5-7-13)15-8-16(15)20(27)25-14-9-24-26(10-14)11-17-18(22)2-1-3-19(17)23/h1-7,9-10,15-16H,8,11H2,(H,25,27). The fraction of sp³-hybridized carbons (Fsp3) is 0.200. The normalized spacial score (nSPS) is 18.3. The number of nitrogens with zero attached hydrogens (tertiary/aromatic N) is 2. The molecule has 2 unspecified atom stereocenters.